The number of carbonyl (C=O) groups is 1. The van der Waals surface area contributed by atoms with Gasteiger partial charge in [0.2, 0.25) is 0 Å². The maximum atomic E-state index is 13.5. The molecule has 7 nitrogen and oxygen atoms in total. The van der Waals surface area contributed by atoms with E-state index in [1.807, 2.05) is 49.1 Å². The van der Waals surface area contributed by atoms with Crippen molar-refractivity contribution in [3.05, 3.63) is 35.9 Å². The summed E-state index contributed by atoms with van der Waals surface area (Å²) >= 11 is 0. The van der Waals surface area contributed by atoms with Gasteiger partial charge in [0.1, 0.15) is 5.56 Å². The number of anilines is 1. The lowest BCUT2D eigenvalue weighted by Crippen LogP contribution is -2.48. The zero-order valence-corrected chi connectivity index (χ0v) is 15.8. The fraction of sp³-hybridized carbons (Fsp3) is 0.500. The highest BCUT2D eigenvalue weighted by atomic mass is 16.5. The SMILES string of the molecule is C[C@@H]1CN(C(=O)c2c(N3CCOCC3)noc2-c2ccccc2)C[C@H](C)O1. The van der Waals surface area contributed by atoms with Crippen molar-refractivity contribution in [2.45, 2.75) is 26.1 Å². The Hall–Kier alpha value is -2.38. The van der Waals surface area contributed by atoms with Crippen molar-refractivity contribution in [2.24, 2.45) is 0 Å². The van der Waals surface area contributed by atoms with Gasteiger partial charge in [-0.1, -0.05) is 35.5 Å². The molecule has 1 amide bonds. The van der Waals surface area contributed by atoms with E-state index < -0.39 is 0 Å². The molecule has 2 aromatic rings. The number of rotatable bonds is 3. The number of ether oxygens (including phenoxy) is 2. The van der Waals surface area contributed by atoms with Crippen LogP contribution in [0, 0.1) is 0 Å². The molecule has 0 aliphatic carbocycles. The fourth-order valence-corrected chi connectivity index (χ4v) is 3.75. The van der Waals surface area contributed by atoms with Gasteiger partial charge in [0.05, 0.1) is 25.4 Å². The van der Waals surface area contributed by atoms with Crippen LogP contribution in [0.25, 0.3) is 11.3 Å². The third kappa shape index (κ3) is 3.70. The van der Waals surface area contributed by atoms with Gasteiger partial charge in [0, 0.05) is 31.7 Å². The first-order valence-electron chi connectivity index (χ1n) is 9.46. The number of nitrogens with zero attached hydrogens (tertiary/aromatic N) is 3. The number of amides is 1. The summed E-state index contributed by atoms with van der Waals surface area (Å²) in [6, 6.07) is 9.67. The highest BCUT2D eigenvalue weighted by Gasteiger charge is 2.34. The lowest BCUT2D eigenvalue weighted by atomic mass is 10.1. The van der Waals surface area contributed by atoms with Crippen LogP contribution >= 0.6 is 0 Å². The van der Waals surface area contributed by atoms with E-state index in [0.717, 1.165) is 5.56 Å². The van der Waals surface area contributed by atoms with Crippen molar-refractivity contribution >= 4 is 11.7 Å². The van der Waals surface area contributed by atoms with Crippen LogP contribution in [-0.2, 0) is 9.47 Å². The summed E-state index contributed by atoms with van der Waals surface area (Å²) in [5.41, 5.74) is 1.38. The second-order valence-corrected chi connectivity index (χ2v) is 7.14. The summed E-state index contributed by atoms with van der Waals surface area (Å²) in [7, 11) is 0. The van der Waals surface area contributed by atoms with Crippen LogP contribution in [-0.4, -0.2) is 67.6 Å². The zero-order chi connectivity index (χ0) is 18.8. The molecular formula is C20H25N3O4. The van der Waals surface area contributed by atoms with Crippen molar-refractivity contribution < 1.29 is 18.8 Å². The smallest absolute Gasteiger partial charge is 0.261 e. The van der Waals surface area contributed by atoms with E-state index in [-0.39, 0.29) is 18.1 Å². The molecule has 0 spiro atoms. The predicted molar refractivity (Wildman–Crippen MR) is 101 cm³/mol. The van der Waals surface area contributed by atoms with Crippen LogP contribution in [0.5, 0.6) is 0 Å². The molecule has 2 atom stereocenters. The Morgan fingerprint density at radius 2 is 1.74 bits per heavy atom. The summed E-state index contributed by atoms with van der Waals surface area (Å²) in [6.45, 7) is 7.72. The van der Waals surface area contributed by atoms with E-state index in [2.05, 4.69) is 10.1 Å². The molecule has 2 saturated heterocycles. The first-order valence-corrected chi connectivity index (χ1v) is 9.46. The van der Waals surface area contributed by atoms with E-state index in [1.165, 1.54) is 0 Å². The summed E-state index contributed by atoms with van der Waals surface area (Å²) in [4.78, 5) is 17.4. The summed E-state index contributed by atoms with van der Waals surface area (Å²) in [5.74, 6) is 1.07. The molecule has 2 aliphatic rings. The average Bonchev–Trinajstić information content (AvgIpc) is 3.13. The van der Waals surface area contributed by atoms with Crippen molar-refractivity contribution in [1.82, 2.24) is 10.1 Å². The van der Waals surface area contributed by atoms with Crippen molar-refractivity contribution in [2.75, 3.05) is 44.3 Å². The number of hydrogen-bond donors (Lipinski definition) is 0. The Bertz CT molecular complexity index is 776. The number of carbonyl (C=O) groups excluding carboxylic acids is 1. The van der Waals surface area contributed by atoms with Crippen molar-refractivity contribution in [3.63, 3.8) is 0 Å². The molecular weight excluding hydrogens is 346 g/mol. The van der Waals surface area contributed by atoms with Crippen molar-refractivity contribution in [3.8, 4) is 11.3 Å². The quantitative estimate of drug-likeness (QED) is 0.825. The molecule has 144 valence electrons. The summed E-state index contributed by atoms with van der Waals surface area (Å²) in [6.07, 6.45) is 0.00847. The van der Waals surface area contributed by atoms with Gasteiger partial charge >= 0.3 is 0 Å². The van der Waals surface area contributed by atoms with Crippen LogP contribution in [0.3, 0.4) is 0 Å². The van der Waals surface area contributed by atoms with Crippen LogP contribution in [0.4, 0.5) is 5.82 Å². The van der Waals surface area contributed by atoms with Crippen LogP contribution in [0.2, 0.25) is 0 Å². The second-order valence-electron chi connectivity index (χ2n) is 7.14. The van der Waals surface area contributed by atoms with E-state index in [0.29, 0.717) is 56.5 Å². The molecule has 0 unspecified atom stereocenters. The van der Waals surface area contributed by atoms with E-state index in [9.17, 15) is 4.79 Å². The van der Waals surface area contributed by atoms with Gasteiger partial charge < -0.3 is 23.8 Å². The largest absolute Gasteiger partial charge is 0.378 e. The number of aromatic nitrogens is 1. The molecule has 2 aliphatic heterocycles. The molecule has 0 N–H and O–H groups in total. The molecule has 2 fully saturated rings. The first kappa shape index (κ1) is 18.0. The minimum absolute atomic E-state index is 0.00423. The standard InChI is InChI=1S/C20H25N3O4/c1-14-12-23(13-15(2)26-14)20(24)17-18(16-6-4-3-5-7-16)27-21-19(17)22-8-10-25-11-9-22/h3-7,14-15H,8-13H2,1-2H3/t14-,15+. The van der Waals surface area contributed by atoms with E-state index in [1.54, 1.807) is 0 Å². The Balaban J connectivity index is 1.73. The van der Waals surface area contributed by atoms with Crippen LogP contribution in [0.1, 0.15) is 24.2 Å². The molecule has 0 radical (unpaired) electrons. The highest BCUT2D eigenvalue weighted by Crippen LogP contribution is 2.33. The van der Waals surface area contributed by atoms with Gasteiger partial charge in [-0.05, 0) is 13.8 Å². The van der Waals surface area contributed by atoms with Crippen LogP contribution < -0.4 is 4.90 Å². The lowest BCUT2D eigenvalue weighted by molar-refractivity contribution is -0.0586. The minimum Gasteiger partial charge on any atom is -0.378 e. The third-order valence-electron chi connectivity index (χ3n) is 4.94. The molecule has 0 bridgehead atoms. The summed E-state index contributed by atoms with van der Waals surface area (Å²) < 4.78 is 16.9. The normalized spacial score (nSPS) is 23.5. The second kappa shape index (κ2) is 7.70. The van der Waals surface area contributed by atoms with Gasteiger partial charge in [0.15, 0.2) is 11.6 Å². The topological polar surface area (TPSA) is 68.0 Å². The first-order chi connectivity index (χ1) is 13.1. The highest BCUT2D eigenvalue weighted by molar-refractivity contribution is 6.04. The van der Waals surface area contributed by atoms with Crippen molar-refractivity contribution in [1.29, 1.82) is 0 Å². The molecule has 4 rings (SSSR count). The van der Waals surface area contributed by atoms with Gasteiger partial charge in [-0.15, -0.1) is 0 Å². The predicted octanol–water partition coefficient (Wildman–Crippen LogP) is 2.43. The molecule has 27 heavy (non-hydrogen) atoms. The minimum atomic E-state index is -0.0569. The average molecular weight is 371 g/mol. The third-order valence-corrected chi connectivity index (χ3v) is 4.94. The Kier molecular flexibility index (Phi) is 5.13. The Labute approximate surface area is 158 Å². The van der Waals surface area contributed by atoms with Crippen LogP contribution in [0.15, 0.2) is 34.9 Å². The number of benzene rings is 1. The van der Waals surface area contributed by atoms with Gasteiger partial charge in [-0.3, -0.25) is 4.79 Å². The van der Waals surface area contributed by atoms with Gasteiger partial charge in [0.25, 0.3) is 5.91 Å². The lowest BCUT2D eigenvalue weighted by Gasteiger charge is -2.35. The number of hydrogen-bond acceptors (Lipinski definition) is 6. The maximum absolute atomic E-state index is 13.5. The van der Waals surface area contributed by atoms with E-state index >= 15 is 0 Å². The molecule has 0 saturated carbocycles. The molecule has 3 heterocycles. The molecule has 1 aromatic heterocycles. The zero-order valence-electron chi connectivity index (χ0n) is 15.8. The Morgan fingerprint density at radius 3 is 2.41 bits per heavy atom. The fourth-order valence-electron chi connectivity index (χ4n) is 3.75. The molecule has 1 aromatic carbocycles. The monoisotopic (exact) mass is 371 g/mol. The summed E-state index contributed by atoms with van der Waals surface area (Å²) in [5, 5.41) is 4.29. The Morgan fingerprint density at radius 1 is 1.07 bits per heavy atom. The maximum Gasteiger partial charge on any atom is 0.261 e. The molecule has 7 heteroatoms. The number of morpholine rings is 2. The van der Waals surface area contributed by atoms with E-state index in [4.69, 9.17) is 14.0 Å². The van der Waals surface area contributed by atoms with Gasteiger partial charge in [-0.25, -0.2) is 0 Å². The van der Waals surface area contributed by atoms with Gasteiger partial charge in [-0.2, -0.15) is 0 Å².